The maximum Gasteiger partial charge on any atom is 0.224 e. The third-order valence-corrected chi connectivity index (χ3v) is 3.61. The molecular weight excluding hydrogens is 383 g/mol. The average molecular weight is 392 g/mol. The molecule has 0 saturated carbocycles. The third kappa shape index (κ3) is 3.13. The van der Waals surface area contributed by atoms with Gasteiger partial charge < -0.3 is 10.6 Å². The van der Waals surface area contributed by atoms with E-state index in [-0.39, 0.29) is 0 Å². The molecule has 7 heteroatoms. The number of anilines is 3. The fraction of sp³-hybridized carbons (Fsp3) is 0.0909. The molecule has 0 fully saturated rings. The van der Waals surface area contributed by atoms with Crippen LogP contribution in [0.1, 0.15) is 0 Å². The molecule has 0 amide bonds. The molecule has 0 unspecified atom stereocenters. The van der Waals surface area contributed by atoms with Gasteiger partial charge in [-0.1, -0.05) is 27.5 Å². The lowest BCUT2D eigenvalue weighted by Gasteiger charge is -2.10. The lowest BCUT2D eigenvalue weighted by molar-refractivity contribution is 1.15. The average Bonchev–Trinajstić information content (AvgIpc) is 2.36. The molecule has 4 nitrogen and oxygen atoms in total. The maximum atomic E-state index is 6.05. The van der Waals surface area contributed by atoms with Gasteiger partial charge in [0, 0.05) is 16.0 Å². The summed E-state index contributed by atoms with van der Waals surface area (Å²) in [6.07, 6.45) is 1.55. The number of nitrogens with one attached hydrogen (secondary N) is 2. The van der Waals surface area contributed by atoms with Crippen molar-refractivity contribution in [2.75, 3.05) is 17.7 Å². The Balaban J connectivity index is 2.36. The zero-order valence-electron chi connectivity index (χ0n) is 9.34. The molecule has 0 spiro atoms. The van der Waals surface area contributed by atoms with Crippen molar-refractivity contribution < 1.29 is 0 Å². The Kier molecular flexibility index (Phi) is 4.42. The largest absolute Gasteiger partial charge is 0.357 e. The van der Waals surface area contributed by atoms with E-state index in [1.807, 2.05) is 18.2 Å². The van der Waals surface area contributed by atoms with Crippen molar-refractivity contribution in [3.05, 3.63) is 38.4 Å². The van der Waals surface area contributed by atoms with Crippen LogP contribution in [0.15, 0.2) is 33.3 Å². The Hall–Kier alpha value is -0.850. The second-order valence-corrected chi connectivity index (χ2v) is 5.57. The predicted octanol–water partition coefficient (Wildman–Crippen LogP) is 4.44. The van der Waals surface area contributed by atoms with Crippen molar-refractivity contribution in [1.29, 1.82) is 0 Å². The van der Waals surface area contributed by atoms with Crippen molar-refractivity contribution in [1.82, 2.24) is 9.97 Å². The summed E-state index contributed by atoms with van der Waals surface area (Å²) in [5, 5.41) is 6.48. The number of nitrogens with zero attached hydrogens (tertiary/aromatic N) is 2. The first kappa shape index (κ1) is 13.6. The highest BCUT2D eigenvalue weighted by Crippen LogP contribution is 2.30. The molecule has 2 N–H and O–H groups in total. The van der Waals surface area contributed by atoms with Crippen molar-refractivity contribution in [3.63, 3.8) is 0 Å². The van der Waals surface area contributed by atoms with Crippen molar-refractivity contribution >= 4 is 60.9 Å². The molecule has 94 valence electrons. The van der Waals surface area contributed by atoms with Gasteiger partial charge in [-0.15, -0.1) is 0 Å². The monoisotopic (exact) mass is 390 g/mol. The molecule has 1 aromatic carbocycles. The summed E-state index contributed by atoms with van der Waals surface area (Å²) < 4.78 is 1.89. The fourth-order valence-corrected chi connectivity index (χ4v) is 2.14. The molecule has 0 bridgehead atoms. The molecule has 0 aliphatic rings. The van der Waals surface area contributed by atoms with Gasteiger partial charge in [-0.25, -0.2) is 4.98 Å². The van der Waals surface area contributed by atoms with Crippen LogP contribution in [0.25, 0.3) is 0 Å². The Morgan fingerprint density at radius 2 is 2.06 bits per heavy atom. The highest BCUT2D eigenvalue weighted by Gasteiger charge is 2.07. The standard InChI is InChI=1S/C11H9Br2ClN4/c1-15-11-16-5-8(14)10(18-11)17-9-4-6(12)2-3-7(9)13/h2-5H,1H3,(H2,15,16,17,18). The molecule has 1 heterocycles. The van der Waals surface area contributed by atoms with Gasteiger partial charge in [-0.05, 0) is 34.1 Å². The van der Waals surface area contributed by atoms with E-state index >= 15 is 0 Å². The quantitative estimate of drug-likeness (QED) is 0.811. The molecule has 2 aromatic rings. The van der Waals surface area contributed by atoms with E-state index in [0.29, 0.717) is 16.8 Å². The normalized spacial score (nSPS) is 10.2. The summed E-state index contributed by atoms with van der Waals surface area (Å²) in [6.45, 7) is 0. The van der Waals surface area contributed by atoms with E-state index in [1.54, 1.807) is 13.2 Å². The van der Waals surface area contributed by atoms with Crippen LogP contribution in [0.5, 0.6) is 0 Å². The van der Waals surface area contributed by atoms with Crippen LogP contribution < -0.4 is 10.6 Å². The van der Waals surface area contributed by atoms with E-state index < -0.39 is 0 Å². The van der Waals surface area contributed by atoms with Gasteiger partial charge in [0.05, 0.1) is 11.9 Å². The first-order valence-electron chi connectivity index (χ1n) is 5.02. The minimum Gasteiger partial charge on any atom is -0.357 e. The fourth-order valence-electron chi connectivity index (χ4n) is 1.30. The van der Waals surface area contributed by atoms with Gasteiger partial charge in [-0.3, -0.25) is 0 Å². The lowest BCUT2D eigenvalue weighted by Crippen LogP contribution is -2.01. The summed E-state index contributed by atoms with van der Waals surface area (Å²) in [4.78, 5) is 8.28. The summed E-state index contributed by atoms with van der Waals surface area (Å²) in [7, 11) is 1.75. The Labute approximate surface area is 126 Å². The predicted molar refractivity (Wildman–Crippen MR) is 81.7 cm³/mol. The van der Waals surface area contributed by atoms with Gasteiger partial charge in [0.15, 0.2) is 5.82 Å². The second-order valence-electron chi connectivity index (χ2n) is 3.39. The van der Waals surface area contributed by atoms with Gasteiger partial charge in [-0.2, -0.15) is 4.98 Å². The molecule has 2 rings (SSSR count). The highest BCUT2D eigenvalue weighted by atomic mass is 79.9. The maximum absolute atomic E-state index is 6.05. The summed E-state index contributed by atoms with van der Waals surface area (Å²) in [6, 6.07) is 5.80. The van der Waals surface area contributed by atoms with Crippen LogP contribution in [-0.4, -0.2) is 17.0 Å². The molecule has 0 saturated heterocycles. The second kappa shape index (κ2) is 5.86. The van der Waals surface area contributed by atoms with Crippen LogP contribution >= 0.6 is 43.5 Å². The number of aromatic nitrogens is 2. The van der Waals surface area contributed by atoms with Crippen LogP contribution in [0.2, 0.25) is 5.02 Å². The van der Waals surface area contributed by atoms with Gasteiger partial charge >= 0.3 is 0 Å². The number of benzene rings is 1. The minimum absolute atomic E-state index is 0.459. The number of halogens is 3. The Morgan fingerprint density at radius 1 is 1.28 bits per heavy atom. The molecular formula is C11H9Br2ClN4. The van der Waals surface area contributed by atoms with Gasteiger partial charge in [0.2, 0.25) is 5.95 Å². The Bertz CT molecular complexity index is 577. The SMILES string of the molecule is CNc1ncc(Cl)c(Nc2cc(Br)ccc2Br)n1. The molecule has 1 aromatic heterocycles. The molecule has 0 atom stereocenters. The van der Waals surface area contributed by atoms with E-state index in [9.17, 15) is 0 Å². The van der Waals surface area contributed by atoms with Crippen LogP contribution in [0, 0.1) is 0 Å². The topological polar surface area (TPSA) is 49.8 Å². The number of rotatable bonds is 3. The van der Waals surface area contributed by atoms with Gasteiger partial charge in [0.1, 0.15) is 5.02 Å². The summed E-state index contributed by atoms with van der Waals surface area (Å²) in [5.41, 5.74) is 0.868. The Morgan fingerprint density at radius 3 is 2.78 bits per heavy atom. The minimum atomic E-state index is 0.459. The highest BCUT2D eigenvalue weighted by molar-refractivity contribution is 9.11. The lowest BCUT2D eigenvalue weighted by atomic mass is 10.3. The first-order chi connectivity index (χ1) is 8.60. The van der Waals surface area contributed by atoms with Crippen LogP contribution in [0.3, 0.4) is 0 Å². The van der Waals surface area contributed by atoms with Crippen molar-refractivity contribution in [3.8, 4) is 0 Å². The third-order valence-electron chi connectivity index (χ3n) is 2.15. The van der Waals surface area contributed by atoms with Crippen molar-refractivity contribution in [2.45, 2.75) is 0 Å². The van der Waals surface area contributed by atoms with E-state index in [1.165, 1.54) is 0 Å². The van der Waals surface area contributed by atoms with E-state index in [4.69, 9.17) is 11.6 Å². The van der Waals surface area contributed by atoms with E-state index in [2.05, 4.69) is 52.5 Å². The zero-order valence-corrected chi connectivity index (χ0v) is 13.3. The van der Waals surface area contributed by atoms with Crippen LogP contribution in [-0.2, 0) is 0 Å². The smallest absolute Gasteiger partial charge is 0.224 e. The molecule has 0 aliphatic carbocycles. The van der Waals surface area contributed by atoms with E-state index in [0.717, 1.165) is 14.6 Å². The molecule has 0 radical (unpaired) electrons. The zero-order chi connectivity index (χ0) is 13.1. The number of hydrogen-bond acceptors (Lipinski definition) is 4. The summed E-state index contributed by atoms with van der Waals surface area (Å²) in [5.74, 6) is 1.06. The molecule has 18 heavy (non-hydrogen) atoms. The van der Waals surface area contributed by atoms with Crippen LogP contribution in [0.4, 0.5) is 17.5 Å². The molecule has 0 aliphatic heterocycles. The van der Waals surface area contributed by atoms with Crippen molar-refractivity contribution in [2.24, 2.45) is 0 Å². The van der Waals surface area contributed by atoms with Gasteiger partial charge in [0.25, 0.3) is 0 Å². The number of hydrogen-bond donors (Lipinski definition) is 2. The first-order valence-corrected chi connectivity index (χ1v) is 6.99. The summed E-state index contributed by atoms with van der Waals surface area (Å²) >= 11 is 12.9.